The van der Waals surface area contributed by atoms with Crippen LogP contribution in [0.2, 0.25) is 0 Å². The summed E-state index contributed by atoms with van der Waals surface area (Å²) in [5.41, 5.74) is 0.957. The van der Waals surface area contributed by atoms with Crippen LogP contribution < -0.4 is 5.32 Å². The molecule has 0 bridgehead atoms. The van der Waals surface area contributed by atoms with E-state index in [9.17, 15) is 4.79 Å². The molecule has 0 radical (unpaired) electrons. The van der Waals surface area contributed by atoms with E-state index in [0.717, 1.165) is 12.0 Å². The van der Waals surface area contributed by atoms with E-state index in [2.05, 4.69) is 37.9 Å². The molecule has 0 aromatic carbocycles. The van der Waals surface area contributed by atoms with E-state index in [-0.39, 0.29) is 17.9 Å². The SMILES string of the molecule is CC(C)(C)CCNC(=O)c1sccc1C#CCCO. The third-order valence-electron chi connectivity index (χ3n) is 2.49. The van der Waals surface area contributed by atoms with Gasteiger partial charge >= 0.3 is 0 Å². The lowest BCUT2D eigenvalue weighted by Gasteiger charge is -2.17. The van der Waals surface area contributed by atoms with Crippen molar-refractivity contribution in [1.82, 2.24) is 5.32 Å². The average molecular weight is 279 g/mol. The molecule has 1 aromatic heterocycles. The number of carbonyl (C=O) groups excluding carboxylic acids is 1. The van der Waals surface area contributed by atoms with E-state index in [1.54, 1.807) is 0 Å². The number of amides is 1. The minimum absolute atomic E-state index is 0.0459. The Bertz CT molecular complexity index is 474. The number of thiophene rings is 1. The molecule has 0 saturated carbocycles. The van der Waals surface area contributed by atoms with E-state index in [1.807, 2.05) is 11.4 Å². The molecule has 4 heteroatoms. The van der Waals surface area contributed by atoms with Crippen molar-refractivity contribution < 1.29 is 9.90 Å². The van der Waals surface area contributed by atoms with Gasteiger partial charge in [0.05, 0.1) is 6.61 Å². The van der Waals surface area contributed by atoms with Gasteiger partial charge in [-0.15, -0.1) is 11.3 Å². The Morgan fingerprint density at radius 2 is 2.21 bits per heavy atom. The lowest BCUT2D eigenvalue weighted by atomic mass is 9.92. The predicted octanol–water partition coefficient (Wildman–Crippen LogP) is 2.65. The number of aliphatic hydroxyl groups is 1. The van der Waals surface area contributed by atoms with Crippen LogP contribution >= 0.6 is 11.3 Å². The van der Waals surface area contributed by atoms with Gasteiger partial charge in [-0.1, -0.05) is 32.6 Å². The second-order valence-electron chi connectivity index (χ2n) is 5.51. The molecule has 0 fully saturated rings. The maximum absolute atomic E-state index is 12.0. The Hall–Kier alpha value is -1.31. The van der Waals surface area contributed by atoms with Crippen LogP contribution in [0.5, 0.6) is 0 Å². The van der Waals surface area contributed by atoms with Crippen molar-refractivity contribution in [3.8, 4) is 11.8 Å². The third kappa shape index (κ3) is 5.91. The normalized spacial score (nSPS) is 10.7. The lowest BCUT2D eigenvalue weighted by Crippen LogP contribution is -2.27. The maximum Gasteiger partial charge on any atom is 0.262 e. The Kier molecular flexibility index (Phi) is 6.07. The third-order valence-corrected chi connectivity index (χ3v) is 3.41. The quantitative estimate of drug-likeness (QED) is 0.832. The summed E-state index contributed by atoms with van der Waals surface area (Å²) >= 11 is 1.40. The largest absolute Gasteiger partial charge is 0.395 e. The van der Waals surface area contributed by atoms with Crippen molar-refractivity contribution in [3.63, 3.8) is 0 Å². The van der Waals surface area contributed by atoms with E-state index >= 15 is 0 Å². The fourth-order valence-electron chi connectivity index (χ4n) is 1.43. The first-order chi connectivity index (χ1) is 8.94. The van der Waals surface area contributed by atoms with Crippen molar-refractivity contribution in [2.75, 3.05) is 13.2 Å². The molecule has 0 unspecified atom stereocenters. The summed E-state index contributed by atoms with van der Waals surface area (Å²) in [7, 11) is 0. The van der Waals surface area contributed by atoms with Crippen LogP contribution in [0, 0.1) is 17.3 Å². The Labute approximate surface area is 119 Å². The van der Waals surface area contributed by atoms with Crippen molar-refractivity contribution in [2.45, 2.75) is 33.6 Å². The molecule has 0 spiro atoms. The summed E-state index contributed by atoms with van der Waals surface area (Å²) in [6.07, 6.45) is 1.37. The van der Waals surface area contributed by atoms with Crippen LogP contribution in [0.3, 0.4) is 0 Å². The lowest BCUT2D eigenvalue weighted by molar-refractivity contribution is 0.0953. The molecule has 104 valence electrons. The van der Waals surface area contributed by atoms with E-state index in [0.29, 0.717) is 17.8 Å². The highest BCUT2D eigenvalue weighted by atomic mass is 32.1. The van der Waals surface area contributed by atoms with Crippen LogP contribution in [0.25, 0.3) is 0 Å². The van der Waals surface area contributed by atoms with Gasteiger partial charge in [-0.3, -0.25) is 4.79 Å². The number of aliphatic hydroxyl groups excluding tert-OH is 1. The fraction of sp³-hybridized carbons (Fsp3) is 0.533. The molecule has 0 aliphatic rings. The fourth-order valence-corrected chi connectivity index (χ4v) is 2.19. The van der Waals surface area contributed by atoms with Crippen LogP contribution in [-0.2, 0) is 0 Å². The standard InChI is InChI=1S/C15H21NO2S/c1-15(2,3)8-9-16-14(18)13-12(7-11-19-13)6-4-5-10-17/h7,11,17H,5,8-10H2,1-3H3,(H,16,18). The smallest absolute Gasteiger partial charge is 0.262 e. The molecule has 0 aliphatic carbocycles. The van der Waals surface area contributed by atoms with E-state index < -0.39 is 0 Å². The van der Waals surface area contributed by atoms with Crippen molar-refractivity contribution in [3.05, 3.63) is 21.9 Å². The monoisotopic (exact) mass is 279 g/mol. The molecule has 0 saturated heterocycles. The second-order valence-corrected chi connectivity index (χ2v) is 6.42. The van der Waals surface area contributed by atoms with Gasteiger partial charge in [0.2, 0.25) is 0 Å². The summed E-state index contributed by atoms with van der Waals surface area (Å²) in [6, 6.07) is 1.84. The Balaban J connectivity index is 2.59. The molecule has 1 heterocycles. The molecular formula is C15H21NO2S. The zero-order valence-electron chi connectivity index (χ0n) is 11.7. The molecule has 2 N–H and O–H groups in total. The number of carbonyl (C=O) groups is 1. The number of hydrogen-bond acceptors (Lipinski definition) is 3. The highest BCUT2D eigenvalue weighted by Gasteiger charge is 2.14. The van der Waals surface area contributed by atoms with Gasteiger partial charge < -0.3 is 10.4 Å². The molecule has 3 nitrogen and oxygen atoms in total. The molecule has 1 rings (SSSR count). The summed E-state index contributed by atoms with van der Waals surface area (Å²) < 4.78 is 0. The number of nitrogens with one attached hydrogen (secondary N) is 1. The predicted molar refractivity (Wildman–Crippen MR) is 79.3 cm³/mol. The highest BCUT2D eigenvalue weighted by Crippen LogP contribution is 2.18. The van der Waals surface area contributed by atoms with Gasteiger partial charge in [-0.05, 0) is 23.3 Å². The maximum atomic E-state index is 12.0. The van der Waals surface area contributed by atoms with Gasteiger partial charge in [-0.2, -0.15) is 0 Å². The molecule has 0 atom stereocenters. The molecule has 1 amide bonds. The molecule has 0 aliphatic heterocycles. The number of rotatable bonds is 4. The number of hydrogen-bond donors (Lipinski definition) is 2. The molecular weight excluding hydrogens is 258 g/mol. The topological polar surface area (TPSA) is 49.3 Å². The summed E-state index contributed by atoms with van der Waals surface area (Å²) in [5, 5.41) is 13.5. The Morgan fingerprint density at radius 3 is 2.84 bits per heavy atom. The van der Waals surface area contributed by atoms with Gasteiger partial charge in [0.25, 0.3) is 5.91 Å². The van der Waals surface area contributed by atoms with Crippen molar-refractivity contribution >= 4 is 17.2 Å². The van der Waals surface area contributed by atoms with Crippen molar-refractivity contribution in [2.24, 2.45) is 5.41 Å². The Morgan fingerprint density at radius 1 is 1.47 bits per heavy atom. The summed E-state index contributed by atoms with van der Waals surface area (Å²) in [4.78, 5) is 12.7. The first-order valence-corrected chi connectivity index (χ1v) is 7.27. The van der Waals surface area contributed by atoms with Gasteiger partial charge in [0.1, 0.15) is 4.88 Å². The van der Waals surface area contributed by atoms with E-state index in [1.165, 1.54) is 11.3 Å². The van der Waals surface area contributed by atoms with Gasteiger partial charge in [-0.25, -0.2) is 0 Å². The van der Waals surface area contributed by atoms with Crippen LogP contribution in [0.1, 0.15) is 48.8 Å². The minimum atomic E-state index is -0.0625. The summed E-state index contributed by atoms with van der Waals surface area (Å²) in [5.74, 6) is 5.70. The minimum Gasteiger partial charge on any atom is -0.395 e. The second kappa shape index (κ2) is 7.32. The van der Waals surface area contributed by atoms with Crippen LogP contribution in [0.15, 0.2) is 11.4 Å². The van der Waals surface area contributed by atoms with Crippen LogP contribution in [-0.4, -0.2) is 24.2 Å². The average Bonchev–Trinajstić information content (AvgIpc) is 2.76. The zero-order chi connectivity index (χ0) is 14.3. The first-order valence-electron chi connectivity index (χ1n) is 6.39. The zero-order valence-corrected chi connectivity index (χ0v) is 12.6. The van der Waals surface area contributed by atoms with Gasteiger partial charge in [0, 0.05) is 18.5 Å². The summed E-state index contributed by atoms with van der Waals surface area (Å²) in [6.45, 7) is 7.16. The first kappa shape index (κ1) is 15.7. The molecule has 1 aromatic rings. The van der Waals surface area contributed by atoms with E-state index in [4.69, 9.17) is 5.11 Å². The van der Waals surface area contributed by atoms with Crippen LogP contribution in [0.4, 0.5) is 0 Å². The molecule has 19 heavy (non-hydrogen) atoms. The van der Waals surface area contributed by atoms with Crippen molar-refractivity contribution in [1.29, 1.82) is 0 Å². The van der Waals surface area contributed by atoms with Gasteiger partial charge in [0.15, 0.2) is 0 Å². The highest BCUT2D eigenvalue weighted by molar-refractivity contribution is 7.12.